The molecule has 0 spiro atoms. The Morgan fingerprint density at radius 1 is 1.69 bits per heavy atom. The lowest BCUT2D eigenvalue weighted by molar-refractivity contribution is -0.138. The number of halogens is 1. The van der Waals surface area contributed by atoms with E-state index in [1.54, 1.807) is 0 Å². The van der Waals surface area contributed by atoms with Crippen LogP contribution < -0.4 is 11.3 Å². The minimum absolute atomic E-state index is 0.0748. The number of aromatic amines is 1. The maximum Gasteiger partial charge on any atom is 0.325 e. The summed E-state index contributed by atoms with van der Waals surface area (Å²) in [5.74, 6) is -1.18. The van der Waals surface area contributed by atoms with Crippen molar-refractivity contribution in [2.24, 2.45) is 5.73 Å². The standard InChI is InChI=1S/C7H7ClN2O3/c8-4-1-3(2-10-6(4)11)5(9)7(12)13/h1-2,5H,9H2,(H,10,11)(H,12,13)/t5-/m1/s1. The van der Waals surface area contributed by atoms with Crippen molar-refractivity contribution in [3.63, 3.8) is 0 Å². The van der Waals surface area contributed by atoms with Crippen molar-refractivity contribution in [1.29, 1.82) is 0 Å². The fourth-order valence-electron chi connectivity index (χ4n) is 0.794. The van der Waals surface area contributed by atoms with Crippen LogP contribution in [0.3, 0.4) is 0 Å². The highest BCUT2D eigenvalue weighted by Gasteiger charge is 2.14. The summed E-state index contributed by atoms with van der Waals surface area (Å²) < 4.78 is 0. The second-order valence-corrected chi connectivity index (χ2v) is 2.83. The molecule has 1 aromatic heterocycles. The molecule has 70 valence electrons. The molecule has 4 N–H and O–H groups in total. The minimum Gasteiger partial charge on any atom is -0.480 e. The molecule has 0 amide bonds. The first-order valence-corrected chi connectivity index (χ1v) is 3.76. The van der Waals surface area contributed by atoms with Crippen LogP contribution in [0.15, 0.2) is 17.1 Å². The number of carbonyl (C=O) groups is 1. The number of nitrogens with two attached hydrogens (primary N) is 1. The van der Waals surface area contributed by atoms with Crippen molar-refractivity contribution in [1.82, 2.24) is 4.98 Å². The van der Waals surface area contributed by atoms with Crippen molar-refractivity contribution < 1.29 is 9.90 Å². The van der Waals surface area contributed by atoms with Gasteiger partial charge in [0.2, 0.25) is 0 Å². The van der Waals surface area contributed by atoms with Gasteiger partial charge in [-0.2, -0.15) is 0 Å². The Kier molecular flexibility index (Phi) is 2.69. The summed E-state index contributed by atoms with van der Waals surface area (Å²) in [7, 11) is 0. The van der Waals surface area contributed by atoms with Gasteiger partial charge in [0.25, 0.3) is 5.56 Å². The van der Waals surface area contributed by atoms with E-state index in [-0.39, 0.29) is 10.6 Å². The Morgan fingerprint density at radius 2 is 2.31 bits per heavy atom. The largest absolute Gasteiger partial charge is 0.480 e. The Hall–Kier alpha value is -1.33. The molecule has 0 bridgehead atoms. The highest BCUT2D eigenvalue weighted by atomic mass is 35.5. The summed E-state index contributed by atoms with van der Waals surface area (Å²) in [5, 5.41) is 8.46. The fraction of sp³-hybridized carbons (Fsp3) is 0.143. The first kappa shape index (κ1) is 9.76. The SMILES string of the molecule is N[C@@H](C(=O)O)c1c[nH]c(=O)c(Cl)c1. The van der Waals surface area contributed by atoms with Gasteiger partial charge in [-0.1, -0.05) is 11.6 Å². The number of H-pyrrole nitrogens is 1. The van der Waals surface area contributed by atoms with Gasteiger partial charge in [0, 0.05) is 6.20 Å². The second-order valence-electron chi connectivity index (χ2n) is 2.43. The Morgan fingerprint density at radius 3 is 2.77 bits per heavy atom. The molecule has 0 aliphatic carbocycles. The molecule has 6 heteroatoms. The molecular formula is C7H7ClN2O3. The summed E-state index contributed by atoms with van der Waals surface area (Å²) in [6.07, 6.45) is 1.23. The number of pyridine rings is 1. The topological polar surface area (TPSA) is 96.2 Å². The lowest BCUT2D eigenvalue weighted by Crippen LogP contribution is -2.22. The molecule has 1 rings (SSSR count). The van der Waals surface area contributed by atoms with E-state index in [2.05, 4.69) is 4.98 Å². The first-order chi connectivity index (χ1) is 6.02. The number of aliphatic carboxylic acids is 1. The molecule has 0 fully saturated rings. The van der Waals surface area contributed by atoms with Crippen LogP contribution in [0.2, 0.25) is 5.02 Å². The summed E-state index contributed by atoms with van der Waals surface area (Å²) in [5.41, 5.74) is 5.07. The number of carboxylic acid groups (broad SMARTS) is 1. The van der Waals surface area contributed by atoms with E-state index in [1.807, 2.05) is 0 Å². The highest BCUT2D eigenvalue weighted by Crippen LogP contribution is 2.11. The number of nitrogens with one attached hydrogen (secondary N) is 1. The first-order valence-electron chi connectivity index (χ1n) is 3.39. The van der Waals surface area contributed by atoms with E-state index in [1.165, 1.54) is 12.3 Å². The highest BCUT2D eigenvalue weighted by molar-refractivity contribution is 6.30. The van der Waals surface area contributed by atoms with E-state index in [0.29, 0.717) is 0 Å². The summed E-state index contributed by atoms with van der Waals surface area (Å²) in [6, 6.07) is 0.0634. The Labute approximate surface area is 78.1 Å². The normalized spacial score (nSPS) is 12.5. The Balaban J connectivity index is 3.11. The zero-order valence-corrected chi connectivity index (χ0v) is 7.21. The molecule has 0 aromatic carbocycles. The van der Waals surface area contributed by atoms with Gasteiger partial charge in [0.1, 0.15) is 11.1 Å². The van der Waals surface area contributed by atoms with E-state index in [9.17, 15) is 9.59 Å². The zero-order chi connectivity index (χ0) is 10.0. The second kappa shape index (κ2) is 3.59. The van der Waals surface area contributed by atoms with Gasteiger partial charge < -0.3 is 15.8 Å². The van der Waals surface area contributed by atoms with Crippen molar-refractivity contribution in [3.05, 3.63) is 33.2 Å². The molecule has 0 unspecified atom stereocenters. The van der Waals surface area contributed by atoms with Crippen molar-refractivity contribution in [3.8, 4) is 0 Å². The average molecular weight is 203 g/mol. The minimum atomic E-state index is -1.18. The van der Waals surface area contributed by atoms with Crippen LogP contribution in [0.1, 0.15) is 11.6 Å². The van der Waals surface area contributed by atoms with Crippen LogP contribution in [0, 0.1) is 0 Å². The van der Waals surface area contributed by atoms with Gasteiger partial charge in [0.05, 0.1) is 0 Å². The molecule has 5 nitrogen and oxygen atoms in total. The Bertz CT molecular complexity index is 388. The van der Waals surface area contributed by atoms with Crippen molar-refractivity contribution >= 4 is 17.6 Å². The van der Waals surface area contributed by atoms with Gasteiger partial charge in [0.15, 0.2) is 0 Å². The summed E-state index contributed by atoms with van der Waals surface area (Å²) >= 11 is 5.47. The number of rotatable bonds is 2. The molecule has 0 saturated heterocycles. The smallest absolute Gasteiger partial charge is 0.325 e. The van der Waals surface area contributed by atoms with E-state index < -0.39 is 17.6 Å². The lowest BCUT2D eigenvalue weighted by atomic mass is 10.1. The number of hydrogen-bond acceptors (Lipinski definition) is 3. The zero-order valence-electron chi connectivity index (χ0n) is 6.45. The molecule has 1 heterocycles. The molecule has 0 aliphatic rings. The maximum absolute atomic E-state index is 10.8. The number of carboxylic acids is 1. The van der Waals surface area contributed by atoms with Crippen LogP contribution in [0.25, 0.3) is 0 Å². The molecule has 1 atom stereocenters. The maximum atomic E-state index is 10.8. The third-order valence-corrected chi connectivity index (χ3v) is 1.79. The van der Waals surface area contributed by atoms with Crippen LogP contribution in [-0.2, 0) is 4.79 Å². The quantitative estimate of drug-likeness (QED) is 0.634. The number of hydrogen-bond donors (Lipinski definition) is 3. The third-order valence-electron chi connectivity index (χ3n) is 1.51. The molecule has 0 aliphatic heterocycles. The van der Waals surface area contributed by atoms with Crippen LogP contribution >= 0.6 is 11.6 Å². The molecule has 0 radical (unpaired) electrons. The van der Waals surface area contributed by atoms with Crippen molar-refractivity contribution in [2.45, 2.75) is 6.04 Å². The fourth-order valence-corrected chi connectivity index (χ4v) is 0.974. The lowest BCUT2D eigenvalue weighted by Gasteiger charge is -2.05. The van der Waals surface area contributed by atoms with Crippen LogP contribution in [0.4, 0.5) is 0 Å². The predicted molar refractivity (Wildman–Crippen MR) is 46.6 cm³/mol. The van der Waals surface area contributed by atoms with Gasteiger partial charge in [-0.15, -0.1) is 0 Å². The monoisotopic (exact) mass is 202 g/mol. The molecule has 13 heavy (non-hydrogen) atoms. The van der Waals surface area contributed by atoms with Gasteiger partial charge in [-0.3, -0.25) is 9.59 Å². The molecular weight excluding hydrogens is 196 g/mol. The predicted octanol–water partition coefficient (Wildman–Crippen LogP) is 0.113. The van der Waals surface area contributed by atoms with Gasteiger partial charge in [-0.25, -0.2) is 0 Å². The summed E-state index contributed by atoms with van der Waals surface area (Å²) in [6.45, 7) is 0. The molecule has 1 aromatic rings. The van der Waals surface area contributed by atoms with E-state index >= 15 is 0 Å². The van der Waals surface area contributed by atoms with Crippen LogP contribution in [0.5, 0.6) is 0 Å². The number of aromatic nitrogens is 1. The average Bonchev–Trinajstić information content (AvgIpc) is 2.08. The van der Waals surface area contributed by atoms with Crippen molar-refractivity contribution in [2.75, 3.05) is 0 Å². The van der Waals surface area contributed by atoms with E-state index in [0.717, 1.165) is 0 Å². The van der Waals surface area contributed by atoms with E-state index in [4.69, 9.17) is 22.4 Å². The van der Waals surface area contributed by atoms with Gasteiger partial charge >= 0.3 is 5.97 Å². The molecule has 0 saturated carbocycles. The van der Waals surface area contributed by atoms with Crippen LogP contribution in [-0.4, -0.2) is 16.1 Å². The summed E-state index contributed by atoms with van der Waals surface area (Å²) in [4.78, 5) is 23.5. The van der Waals surface area contributed by atoms with Gasteiger partial charge in [-0.05, 0) is 11.6 Å². The third kappa shape index (κ3) is 2.07.